The summed E-state index contributed by atoms with van der Waals surface area (Å²) >= 11 is 0. The van der Waals surface area contributed by atoms with Crippen LogP contribution in [0.25, 0.3) is 6.08 Å². The number of fused-ring (bicyclic) bond motifs is 1. The van der Waals surface area contributed by atoms with Crippen LogP contribution in [0.4, 0.5) is 10.5 Å². The minimum Gasteiger partial charge on any atom is -0.444 e. The molecule has 138 valence electrons. The fraction of sp³-hybridized carbons (Fsp3) is 0.368. The summed E-state index contributed by atoms with van der Waals surface area (Å²) < 4.78 is 5.22. The van der Waals surface area contributed by atoms with E-state index in [9.17, 15) is 14.4 Å². The first-order valence-electron chi connectivity index (χ1n) is 8.16. The van der Waals surface area contributed by atoms with Crippen LogP contribution in [0.3, 0.4) is 0 Å². The molecule has 0 radical (unpaired) electrons. The number of ether oxygens (including phenoxy) is 1. The molecular formula is C19H22N2O5. The Balaban J connectivity index is 2.42. The fourth-order valence-corrected chi connectivity index (χ4v) is 2.35. The monoisotopic (exact) mass is 358 g/mol. The summed E-state index contributed by atoms with van der Waals surface area (Å²) in [6, 6.07) is 4.73. The predicted octanol–water partition coefficient (Wildman–Crippen LogP) is 2.79. The molecule has 0 saturated carbocycles. The van der Waals surface area contributed by atoms with Gasteiger partial charge < -0.3 is 9.84 Å². The number of nitrogens with one attached hydrogen (secondary N) is 1. The smallest absolute Gasteiger partial charge is 0.413 e. The Morgan fingerprint density at radius 3 is 2.54 bits per heavy atom. The summed E-state index contributed by atoms with van der Waals surface area (Å²) in [5, 5.41) is 11.6. The molecule has 1 aliphatic rings. The highest BCUT2D eigenvalue weighted by Gasteiger charge is 2.21. The molecule has 26 heavy (non-hydrogen) atoms. The number of amides is 1. The van der Waals surface area contributed by atoms with Gasteiger partial charge >= 0.3 is 6.09 Å². The predicted molar refractivity (Wildman–Crippen MR) is 97.6 cm³/mol. The number of hydrogen-bond donors (Lipinski definition) is 2. The Kier molecular flexibility index (Phi) is 5.72. The van der Waals surface area contributed by atoms with Gasteiger partial charge in [0.25, 0.3) is 0 Å². The molecule has 1 aromatic carbocycles. The van der Waals surface area contributed by atoms with E-state index in [1.807, 2.05) is 0 Å². The molecule has 0 fully saturated rings. The van der Waals surface area contributed by atoms with E-state index in [1.54, 1.807) is 39.0 Å². The fourth-order valence-electron chi connectivity index (χ4n) is 2.35. The zero-order valence-corrected chi connectivity index (χ0v) is 15.3. The molecular weight excluding hydrogens is 336 g/mol. The second kappa shape index (κ2) is 7.61. The molecule has 1 aromatic rings. The van der Waals surface area contributed by atoms with Crippen molar-refractivity contribution in [2.75, 3.05) is 6.61 Å². The number of Topliss-reactive ketones (excluding diaryl/α,β-unsaturated/α-hetero) is 2. The third-order valence-electron chi connectivity index (χ3n) is 3.54. The molecule has 0 atom stereocenters. The van der Waals surface area contributed by atoms with E-state index >= 15 is 0 Å². The number of alkyl carbamates (subject to hydrolysis) is 1. The molecule has 1 heterocycles. The molecule has 0 spiro atoms. The van der Waals surface area contributed by atoms with E-state index in [4.69, 9.17) is 9.84 Å². The van der Waals surface area contributed by atoms with Gasteiger partial charge in [-0.3, -0.25) is 14.9 Å². The molecule has 7 nitrogen and oxygen atoms in total. The first-order chi connectivity index (χ1) is 12.1. The van der Waals surface area contributed by atoms with Crippen LogP contribution in [-0.4, -0.2) is 40.8 Å². The summed E-state index contributed by atoms with van der Waals surface area (Å²) in [5.74, 6) is -0.343. The van der Waals surface area contributed by atoms with Gasteiger partial charge in [-0.2, -0.15) is 0 Å². The Bertz CT molecular complexity index is 816. The zero-order valence-electron chi connectivity index (χ0n) is 15.3. The van der Waals surface area contributed by atoms with Crippen molar-refractivity contribution in [3.05, 3.63) is 34.9 Å². The van der Waals surface area contributed by atoms with Crippen molar-refractivity contribution in [2.45, 2.75) is 39.7 Å². The topological polar surface area (TPSA) is 105 Å². The Hall–Kier alpha value is -2.80. The highest BCUT2D eigenvalue weighted by Crippen LogP contribution is 2.28. The molecule has 0 bridgehead atoms. The number of carbonyl (C=O) groups excluding carboxylic acids is 3. The standard InChI is InChI=1S/C19H22N2O5/c1-11(23)14-7-12-5-6-13(16(24)10-22)8-15(12)20-17(9-14)21-18(25)26-19(2,3)4/h5-8,22H,9-10H2,1-4H3,(H,20,21,25). The van der Waals surface area contributed by atoms with E-state index in [0.717, 1.165) is 0 Å². The van der Waals surface area contributed by atoms with Crippen LogP contribution in [0.15, 0.2) is 28.8 Å². The van der Waals surface area contributed by atoms with Crippen molar-refractivity contribution < 1.29 is 24.2 Å². The van der Waals surface area contributed by atoms with Crippen LogP contribution in [0.5, 0.6) is 0 Å². The van der Waals surface area contributed by atoms with Crippen molar-refractivity contribution in [3.8, 4) is 0 Å². The lowest BCUT2D eigenvalue weighted by molar-refractivity contribution is -0.113. The van der Waals surface area contributed by atoms with Crippen LogP contribution >= 0.6 is 0 Å². The number of aliphatic hydroxyl groups excluding tert-OH is 1. The van der Waals surface area contributed by atoms with Crippen LogP contribution in [0.1, 0.15) is 50.0 Å². The summed E-state index contributed by atoms with van der Waals surface area (Å²) in [7, 11) is 0. The molecule has 0 aromatic heterocycles. The first kappa shape index (κ1) is 19.5. The van der Waals surface area contributed by atoms with E-state index in [0.29, 0.717) is 22.4 Å². The van der Waals surface area contributed by atoms with Gasteiger partial charge in [0.05, 0.1) is 5.69 Å². The molecule has 2 N–H and O–H groups in total. The Labute approximate surface area is 151 Å². The lowest BCUT2D eigenvalue weighted by Gasteiger charge is -2.20. The highest BCUT2D eigenvalue weighted by atomic mass is 16.6. The number of aliphatic imine (C=N–C) groups is 1. The normalized spacial score (nSPS) is 13.7. The van der Waals surface area contributed by atoms with Crippen LogP contribution in [0, 0.1) is 0 Å². The molecule has 0 unspecified atom stereocenters. The third-order valence-corrected chi connectivity index (χ3v) is 3.54. The maximum atomic E-state index is 12.0. The molecule has 1 amide bonds. The van der Waals surface area contributed by atoms with Crippen molar-refractivity contribution in [2.24, 2.45) is 4.99 Å². The van der Waals surface area contributed by atoms with Crippen molar-refractivity contribution in [1.29, 1.82) is 0 Å². The third kappa shape index (κ3) is 5.10. The number of benzene rings is 1. The number of hydrogen-bond acceptors (Lipinski definition) is 6. The number of ketones is 2. The van der Waals surface area contributed by atoms with E-state index in [1.165, 1.54) is 13.0 Å². The molecule has 2 rings (SSSR count). The van der Waals surface area contributed by atoms with Gasteiger partial charge in [0.1, 0.15) is 18.0 Å². The van der Waals surface area contributed by atoms with Gasteiger partial charge in [0, 0.05) is 23.1 Å². The van der Waals surface area contributed by atoms with Crippen LogP contribution in [-0.2, 0) is 9.53 Å². The average molecular weight is 358 g/mol. The van der Waals surface area contributed by atoms with Gasteiger partial charge in [-0.1, -0.05) is 12.1 Å². The summed E-state index contributed by atoms with van der Waals surface area (Å²) in [4.78, 5) is 40.0. The van der Waals surface area contributed by atoms with Gasteiger partial charge in [-0.15, -0.1) is 0 Å². The number of carbonyl (C=O) groups is 3. The first-order valence-corrected chi connectivity index (χ1v) is 8.16. The van der Waals surface area contributed by atoms with E-state index in [-0.39, 0.29) is 18.0 Å². The highest BCUT2D eigenvalue weighted by molar-refractivity contribution is 6.09. The van der Waals surface area contributed by atoms with Crippen molar-refractivity contribution in [1.82, 2.24) is 5.32 Å². The van der Waals surface area contributed by atoms with Crippen LogP contribution < -0.4 is 5.32 Å². The summed E-state index contributed by atoms with van der Waals surface area (Å²) in [6.45, 7) is 6.05. The van der Waals surface area contributed by atoms with Crippen molar-refractivity contribution in [3.63, 3.8) is 0 Å². The zero-order chi connectivity index (χ0) is 19.5. The molecule has 7 heteroatoms. The maximum Gasteiger partial charge on any atom is 0.413 e. The van der Waals surface area contributed by atoms with Gasteiger partial charge in [-0.25, -0.2) is 9.79 Å². The molecule has 1 aliphatic heterocycles. The number of nitrogens with zero attached hydrogens (tertiary/aromatic N) is 1. The van der Waals surface area contributed by atoms with Gasteiger partial charge in [0.15, 0.2) is 11.6 Å². The maximum absolute atomic E-state index is 12.0. The van der Waals surface area contributed by atoms with E-state index < -0.39 is 24.1 Å². The largest absolute Gasteiger partial charge is 0.444 e. The summed E-state index contributed by atoms with van der Waals surface area (Å²) in [5.41, 5.74) is 1.16. The molecule has 0 aliphatic carbocycles. The van der Waals surface area contributed by atoms with Gasteiger partial charge in [0.2, 0.25) is 0 Å². The SMILES string of the molecule is CC(=O)C1=Cc2ccc(C(=O)CO)cc2N=C(NC(=O)OC(C)(C)C)C1. The lowest BCUT2D eigenvalue weighted by Crippen LogP contribution is -2.36. The Morgan fingerprint density at radius 1 is 1.27 bits per heavy atom. The summed E-state index contributed by atoms with van der Waals surface area (Å²) in [6.07, 6.45) is 1.13. The van der Waals surface area contributed by atoms with Crippen LogP contribution in [0.2, 0.25) is 0 Å². The van der Waals surface area contributed by atoms with E-state index in [2.05, 4.69) is 10.3 Å². The van der Waals surface area contributed by atoms with Crippen molar-refractivity contribution >= 4 is 35.3 Å². The lowest BCUT2D eigenvalue weighted by atomic mass is 10.0. The van der Waals surface area contributed by atoms with Gasteiger partial charge in [-0.05, 0) is 39.8 Å². The quantitative estimate of drug-likeness (QED) is 0.808. The minimum absolute atomic E-state index is 0.131. The second-order valence-corrected chi connectivity index (χ2v) is 6.94. The number of aliphatic hydroxyl groups is 1. The average Bonchev–Trinajstić information content (AvgIpc) is 2.70. The number of rotatable bonds is 3. The second-order valence-electron chi connectivity index (χ2n) is 6.94. The number of amidine groups is 1. The molecule has 0 saturated heterocycles. The Morgan fingerprint density at radius 2 is 1.96 bits per heavy atom. The minimum atomic E-state index is -0.676.